The van der Waals surface area contributed by atoms with Crippen molar-refractivity contribution in [2.24, 2.45) is 0 Å². The molecule has 0 fully saturated rings. The molecule has 0 spiro atoms. The topological polar surface area (TPSA) is 66.0 Å². The lowest BCUT2D eigenvalue weighted by atomic mass is 10.2. The number of imidazole rings is 1. The summed E-state index contributed by atoms with van der Waals surface area (Å²) in [5, 5.41) is 0. The minimum atomic E-state index is 0.604. The summed E-state index contributed by atoms with van der Waals surface area (Å²) in [6.45, 7) is 1.39. The Hall–Kier alpha value is -2.04. The van der Waals surface area contributed by atoms with Gasteiger partial charge in [0.25, 0.3) is 0 Å². The average Bonchev–Trinajstić information content (AvgIpc) is 2.62. The summed E-state index contributed by atoms with van der Waals surface area (Å²) in [4.78, 5) is 8.44. The fourth-order valence-corrected chi connectivity index (χ4v) is 1.72. The third-order valence-corrected chi connectivity index (χ3v) is 2.40. The summed E-state index contributed by atoms with van der Waals surface area (Å²) < 4.78 is 7.55. The van der Waals surface area contributed by atoms with Crippen LogP contribution in [-0.4, -0.2) is 21.1 Å². The molecule has 0 atom stereocenters. The molecule has 3 heterocycles. The van der Waals surface area contributed by atoms with E-state index in [0.717, 1.165) is 17.9 Å². The number of anilines is 1. The van der Waals surface area contributed by atoms with Crippen LogP contribution in [0.2, 0.25) is 0 Å². The lowest BCUT2D eigenvalue weighted by Crippen LogP contribution is -2.04. The first-order valence-corrected chi connectivity index (χ1v) is 4.74. The van der Waals surface area contributed by atoms with E-state index < -0.39 is 0 Å². The van der Waals surface area contributed by atoms with Gasteiger partial charge < -0.3 is 15.0 Å². The molecule has 0 saturated heterocycles. The van der Waals surface area contributed by atoms with Crippen molar-refractivity contribution < 1.29 is 4.74 Å². The molecule has 5 nitrogen and oxygen atoms in total. The normalized spacial score (nSPS) is 13.6. The molecule has 1 aliphatic heterocycles. The van der Waals surface area contributed by atoms with Crippen molar-refractivity contribution in [1.29, 1.82) is 0 Å². The van der Waals surface area contributed by atoms with E-state index in [0.29, 0.717) is 18.2 Å². The van der Waals surface area contributed by atoms with Gasteiger partial charge in [0.15, 0.2) is 0 Å². The number of ether oxygens (including phenoxy) is 1. The number of nitrogen functional groups attached to an aromatic ring is 1. The first-order chi connectivity index (χ1) is 7.34. The molecule has 2 aromatic heterocycles. The van der Waals surface area contributed by atoms with Crippen LogP contribution in [0.25, 0.3) is 11.4 Å². The Kier molecular flexibility index (Phi) is 1.65. The second-order valence-electron chi connectivity index (χ2n) is 3.41. The third kappa shape index (κ3) is 1.24. The molecule has 0 amide bonds. The highest BCUT2D eigenvalue weighted by Crippen LogP contribution is 2.30. The summed E-state index contributed by atoms with van der Waals surface area (Å²) >= 11 is 0. The number of fused-ring (bicyclic) bond motifs is 3. The smallest absolute Gasteiger partial charge is 0.224 e. The molecule has 1 aliphatic rings. The Morgan fingerprint density at radius 2 is 2.33 bits per heavy atom. The molecule has 0 bridgehead atoms. The monoisotopic (exact) mass is 202 g/mol. The number of nitrogens with zero attached hydrogens (tertiary/aromatic N) is 3. The van der Waals surface area contributed by atoms with Crippen molar-refractivity contribution >= 4 is 5.69 Å². The van der Waals surface area contributed by atoms with Crippen LogP contribution in [0, 0.1) is 0 Å². The molecule has 5 heteroatoms. The summed E-state index contributed by atoms with van der Waals surface area (Å²) in [5.41, 5.74) is 7.18. The summed E-state index contributed by atoms with van der Waals surface area (Å²) in [6, 6.07) is 1.84. The summed E-state index contributed by atoms with van der Waals surface area (Å²) in [7, 11) is 0. The SMILES string of the molecule is Nc1cnc2c(c1)-c1nccn1CCO2. The molecule has 3 rings (SSSR count). The van der Waals surface area contributed by atoms with Crippen molar-refractivity contribution in [3.63, 3.8) is 0 Å². The maximum Gasteiger partial charge on any atom is 0.224 e. The second kappa shape index (κ2) is 2.98. The number of rotatable bonds is 0. The van der Waals surface area contributed by atoms with E-state index in [1.165, 1.54) is 0 Å². The Morgan fingerprint density at radius 3 is 3.27 bits per heavy atom. The standard InChI is InChI=1S/C10H10N4O/c11-7-5-8-9-12-1-2-14(9)3-4-15-10(8)13-6-7/h1-2,5-6H,3-4,11H2. The molecule has 0 aliphatic carbocycles. The van der Waals surface area contributed by atoms with Crippen molar-refractivity contribution in [2.45, 2.75) is 6.54 Å². The van der Waals surface area contributed by atoms with Crippen LogP contribution in [0.4, 0.5) is 5.69 Å². The highest BCUT2D eigenvalue weighted by atomic mass is 16.5. The first kappa shape index (κ1) is 8.28. The van der Waals surface area contributed by atoms with Crippen LogP contribution in [0.5, 0.6) is 5.88 Å². The van der Waals surface area contributed by atoms with Gasteiger partial charge in [-0.2, -0.15) is 0 Å². The van der Waals surface area contributed by atoms with Gasteiger partial charge in [0.1, 0.15) is 12.4 Å². The number of aromatic nitrogens is 3. The predicted molar refractivity (Wildman–Crippen MR) is 55.4 cm³/mol. The van der Waals surface area contributed by atoms with Crippen LogP contribution in [0.15, 0.2) is 24.7 Å². The van der Waals surface area contributed by atoms with E-state index in [4.69, 9.17) is 10.5 Å². The van der Waals surface area contributed by atoms with E-state index in [9.17, 15) is 0 Å². The fraction of sp³-hybridized carbons (Fsp3) is 0.200. The van der Waals surface area contributed by atoms with E-state index in [-0.39, 0.29) is 0 Å². The minimum Gasteiger partial charge on any atom is -0.475 e. The summed E-state index contributed by atoms with van der Waals surface area (Å²) in [6.07, 6.45) is 5.29. The van der Waals surface area contributed by atoms with E-state index in [2.05, 4.69) is 9.97 Å². The molecule has 0 aromatic carbocycles. The number of pyridine rings is 1. The molecule has 2 aromatic rings. The number of hydrogen-bond acceptors (Lipinski definition) is 4. The maximum absolute atomic E-state index is 5.70. The first-order valence-electron chi connectivity index (χ1n) is 4.74. The fourth-order valence-electron chi connectivity index (χ4n) is 1.72. The van der Waals surface area contributed by atoms with Gasteiger partial charge in [-0.15, -0.1) is 0 Å². The highest BCUT2D eigenvalue weighted by molar-refractivity contribution is 5.66. The van der Waals surface area contributed by atoms with Gasteiger partial charge in [0, 0.05) is 12.4 Å². The molecule has 2 N–H and O–H groups in total. The van der Waals surface area contributed by atoms with Gasteiger partial charge in [-0.3, -0.25) is 0 Å². The number of nitrogens with two attached hydrogens (primary N) is 1. The van der Waals surface area contributed by atoms with Crippen molar-refractivity contribution in [3.05, 3.63) is 24.7 Å². The Morgan fingerprint density at radius 1 is 1.40 bits per heavy atom. The lowest BCUT2D eigenvalue weighted by molar-refractivity contribution is 0.296. The average molecular weight is 202 g/mol. The van der Waals surface area contributed by atoms with Crippen molar-refractivity contribution in [3.8, 4) is 17.3 Å². The van der Waals surface area contributed by atoms with E-state index in [1.54, 1.807) is 12.4 Å². The maximum atomic E-state index is 5.70. The van der Waals surface area contributed by atoms with Crippen LogP contribution in [-0.2, 0) is 6.54 Å². The Bertz CT molecular complexity index is 506. The van der Waals surface area contributed by atoms with Crippen LogP contribution in [0.1, 0.15) is 0 Å². The minimum absolute atomic E-state index is 0.604. The van der Waals surface area contributed by atoms with E-state index in [1.807, 2.05) is 16.8 Å². The zero-order chi connectivity index (χ0) is 10.3. The van der Waals surface area contributed by atoms with E-state index >= 15 is 0 Å². The molecule has 15 heavy (non-hydrogen) atoms. The lowest BCUT2D eigenvalue weighted by Gasteiger charge is -2.04. The largest absolute Gasteiger partial charge is 0.475 e. The zero-order valence-electron chi connectivity index (χ0n) is 8.05. The van der Waals surface area contributed by atoms with Gasteiger partial charge in [-0.1, -0.05) is 0 Å². The molecule has 0 saturated carbocycles. The van der Waals surface area contributed by atoms with Crippen LogP contribution >= 0.6 is 0 Å². The molecule has 0 radical (unpaired) electrons. The molecular weight excluding hydrogens is 192 g/mol. The van der Waals surface area contributed by atoms with Gasteiger partial charge in [-0.05, 0) is 6.07 Å². The number of hydrogen-bond donors (Lipinski definition) is 1. The Labute approximate surface area is 86.5 Å². The van der Waals surface area contributed by atoms with Crippen LogP contribution in [0.3, 0.4) is 0 Å². The third-order valence-electron chi connectivity index (χ3n) is 2.40. The predicted octanol–water partition coefficient (Wildman–Crippen LogP) is 0.920. The molecule has 76 valence electrons. The van der Waals surface area contributed by atoms with Crippen molar-refractivity contribution in [2.75, 3.05) is 12.3 Å². The van der Waals surface area contributed by atoms with Crippen molar-refractivity contribution in [1.82, 2.24) is 14.5 Å². The zero-order valence-corrected chi connectivity index (χ0v) is 8.05. The second-order valence-corrected chi connectivity index (χ2v) is 3.41. The summed E-state index contributed by atoms with van der Waals surface area (Å²) in [5.74, 6) is 1.47. The van der Waals surface area contributed by atoms with Gasteiger partial charge in [-0.25, -0.2) is 9.97 Å². The highest BCUT2D eigenvalue weighted by Gasteiger charge is 2.17. The quantitative estimate of drug-likeness (QED) is 0.689. The van der Waals surface area contributed by atoms with Gasteiger partial charge in [0.05, 0.1) is 24.0 Å². The Balaban J connectivity index is 2.27. The van der Waals surface area contributed by atoms with Gasteiger partial charge in [0.2, 0.25) is 5.88 Å². The molecular formula is C10H10N4O. The van der Waals surface area contributed by atoms with Crippen LogP contribution < -0.4 is 10.5 Å². The van der Waals surface area contributed by atoms with Gasteiger partial charge >= 0.3 is 0 Å². The molecule has 0 unspecified atom stereocenters.